The lowest BCUT2D eigenvalue weighted by Gasteiger charge is -2.02. The number of ketones is 2. The van der Waals surface area contributed by atoms with Gasteiger partial charge in [0, 0.05) is 12.0 Å². The van der Waals surface area contributed by atoms with Gasteiger partial charge in [-0.2, -0.15) is 0 Å². The predicted molar refractivity (Wildman–Crippen MR) is 66.5 cm³/mol. The molecule has 1 aromatic rings. The first-order valence-corrected chi connectivity index (χ1v) is 5.86. The van der Waals surface area contributed by atoms with Crippen molar-refractivity contribution < 1.29 is 14.3 Å². The topological polar surface area (TPSA) is 43.4 Å². The van der Waals surface area contributed by atoms with E-state index in [1.807, 2.05) is 6.92 Å². The second-order valence-electron chi connectivity index (χ2n) is 3.97. The average molecular weight is 234 g/mol. The number of carbonyl (C=O) groups excluding carboxylic acids is 2. The summed E-state index contributed by atoms with van der Waals surface area (Å²) in [7, 11) is 1.57. The minimum atomic E-state index is -0.117. The molecule has 0 aliphatic carbocycles. The Balaban J connectivity index is 2.54. The summed E-state index contributed by atoms with van der Waals surface area (Å²) in [4.78, 5) is 23.2. The van der Waals surface area contributed by atoms with Crippen molar-refractivity contribution in [3.63, 3.8) is 0 Å². The highest BCUT2D eigenvalue weighted by molar-refractivity contribution is 6.07. The molecule has 0 aromatic heterocycles. The van der Waals surface area contributed by atoms with Crippen LogP contribution >= 0.6 is 0 Å². The molecule has 0 amide bonds. The van der Waals surface area contributed by atoms with Crippen LogP contribution in [-0.2, 0) is 4.79 Å². The second kappa shape index (κ2) is 6.84. The quantitative estimate of drug-likeness (QED) is 0.538. The molecule has 3 heteroatoms. The highest BCUT2D eigenvalue weighted by Gasteiger charge is 2.11. The number of carbonyl (C=O) groups is 2. The van der Waals surface area contributed by atoms with E-state index >= 15 is 0 Å². The summed E-state index contributed by atoms with van der Waals surface area (Å²) in [5.41, 5.74) is 0.565. The van der Waals surface area contributed by atoms with Crippen molar-refractivity contribution in [3.8, 4) is 5.75 Å². The van der Waals surface area contributed by atoms with Crippen LogP contribution in [0.25, 0.3) is 0 Å². The number of hydrogen-bond acceptors (Lipinski definition) is 3. The fourth-order valence-corrected chi connectivity index (χ4v) is 1.52. The number of ether oxygens (including phenoxy) is 1. The van der Waals surface area contributed by atoms with E-state index in [-0.39, 0.29) is 18.0 Å². The minimum Gasteiger partial charge on any atom is -0.497 e. The Kier molecular flexibility index (Phi) is 5.40. The first kappa shape index (κ1) is 13.4. The van der Waals surface area contributed by atoms with Crippen molar-refractivity contribution in [2.24, 2.45) is 0 Å². The molecule has 0 fully saturated rings. The Bertz CT molecular complexity index is 379. The van der Waals surface area contributed by atoms with Crippen LogP contribution in [0.5, 0.6) is 5.75 Å². The molecule has 0 saturated carbocycles. The first-order valence-electron chi connectivity index (χ1n) is 5.86. The monoisotopic (exact) mass is 234 g/mol. The van der Waals surface area contributed by atoms with E-state index in [1.165, 1.54) is 0 Å². The zero-order chi connectivity index (χ0) is 12.7. The summed E-state index contributed by atoms with van der Waals surface area (Å²) < 4.78 is 5.00. The summed E-state index contributed by atoms with van der Waals surface area (Å²) >= 11 is 0. The average Bonchev–Trinajstić information content (AvgIpc) is 2.36. The summed E-state index contributed by atoms with van der Waals surface area (Å²) in [6.07, 6.45) is 2.34. The SMILES string of the molecule is CCCCC(=O)CC(=O)c1ccc(OC)cc1. The van der Waals surface area contributed by atoms with Gasteiger partial charge >= 0.3 is 0 Å². The molecule has 0 aliphatic rings. The fourth-order valence-electron chi connectivity index (χ4n) is 1.52. The molecule has 17 heavy (non-hydrogen) atoms. The van der Waals surface area contributed by atoms with Crippen molar-refractivity contribution in [2.75, 3.05) is 7.11 Å². The molecule has 0 atom stereocenters. The van der Waals surface area contributed by atoms with Crippen molar-refractivity contribution >= 4 is 11.6 Å². The van der Waals surface area contributed by atoms with Gasteiger partial charge in [0.25, 0.3) is 0 Å². The molecule has 0 aliphatic heterocycles. The molecular formula is C14H18O3. The van der Waals surface area contributed by atoms with Crippen LogP contribution < -0.4 is 4.74 Å². The molecule has 3 nitrogen and oxygen atoms in total. The van der Waals surface area contributed by atoms with Crippen molar-refractivity contribution in [1.29, 1.82) is 0 Å². The standard InChI is InChI=1S/C14H18O3/c1-3-4-5-12(15)10-14(16)11-6-8-13(17-2)9-7-11/h6-9H,3-5,10H2,1-2H3. The van der Waals surface area contributed by atoms with E-state index < -0.39 is 0 Å². The van der Waals surface area contributed by atoms with Gasteiger partial charge in [-0.3, -0.25) is 9.59 Å². The molecular weight excluding hydrogens is 216 g/mol. The summed E-state index contributed by atoms with van der Waals surface area (Å²) in [6, 6.07) is 6.83. The van der Waals surface area contributed by atoms with E-state index in [1.54, 1.807) is 31.4 Å². The molecule has 0 saturated heterocycles. The van der Waals surface area contributed by atoms with Crippen LogP contribution in [-0.4, -0.2) is 18.7 Å². The van der Waals surface area contributed by atoms with Crippen molar-refractivity contribution in [3.05, 3.63) is 29.8 Å². The third kappa shape index (κ3) is 4.39. The maximum atomic E-state index is 11.8. The lowest BCUT2D eigenvalue weighted by Crippen LogP contribution is -2.07. The molecule has 1 aromatic carbocycles. The Labute approximate surface area is 102 Å². The number of Topliss-reactive ketones (excluding diaryl/α,β-unsaturated/α-hetero) is 2. The van der Waals surface area contributed by atoms with Gasteiger partial charge in [0.2, 0.25) is 0 Å². The number of hydrogen-bond donors (Lipinski definition) is 0. The van der Waals surface area contributed by atoms with Crippen LogP contribution in [0, 0.1) is 0 Å². The van der Waals surface area contributed by atoms with Gasteiger partial charge in [0.05, 0.1) is 13.5 Å². The van der Waals surface area contributed by atoms with Crippen LogP contribution in [0.3, 0.4) is 0 Å². The Morgan fingerprint density at radius 3 is 2.35 bits per heavy atom. The summed E-state index contributed by atoms with van der Waals surface area (Å²) in [6.45, 7) is 2.03. The third-order valence-electron chi connectivity index (χ3n) is 2.58. The van der Waals surface area contributed by atoms with Crippen LogP contribution in [0.1, 0.15) is 43.0 Å². The molecule has 0 unspecified atom stereocenters. The highest BCUT2D eigenvalue weighted by Crippen LogP contribution is 2.13. The molecule has 0 N–H and O–H groups in total. The Morgan fingerprint density at radius 1 is 1.18 bits per heavy atom. The van der Waals surface area contributed by atoms with E-state index in [9.17, 15) is 9.59 Å². The Morgan fingerprint density at radius 2 is 1.82 bits per heavy atom. The predicted octanol–water partition coefficient (Wildman–Crippen LogP) is 3.03. The van der Waals surface area contributed by atoms with Gasteiger partial charge in [0.1, 0.15) is 11.5 Å². The van der Waals surface area contributed by atoms with Gasteiger partial charge in [-0.25, -0.2) is 0 Å². The zero-order valence-electron chi connectivity index (χ0n) is 10.4. The van der Waals surface area contributed by atoms with Gasteiger partial charge in [0.15, 0.2) is 5.78 Å². The first-order chi connectivity index (χ1) is 8.17. The van der Waals surface area contributed by atoms with E-state index in [2.05, 4.69) is 0 Å². The second-order valence-corrected chi connectivity index (χ2v) is 3.97. The van der Waals surface area contributed by atoms with Crippen LogP contribution in [0.2, 0.25) is 0 Å². The molecule has 0 heterocycles. The highest BCUT2D eigenvalue weighted by atomic mass is 16.5. The molecule has 0 radical (unpaired) electrons. The number of rotatable bonds is 7. The lowest BCUT2D eigenvalue weighted by atomic mass is 10.0. The maximum Gasteiger partial charge on any atom is 0.170 e. The van der Waals surface area contributed by atoms with Crippen molar-refractivity contribution in [2.45, 2.75) is 32.6 Å². The Hall–Kier alpha value is -1.64. The van der Waals surface area contributed by atoms with Crippen LogP contribution in [0.4, 0.5) is 0 Å². The molecule has 0 spiro atoms. The largest absolute Gasteiger partial charge is 0.497 e. The normalized spacial score (nSPS) is 10.0. The number of benzene rings is 1. The van der Waals surface area contributed by atoms with E-state index in [0.29, 0.717) is 17.7 Å². The van der Waals surface area contributed by atoms with Gasteiger partial charge in [-0.1, -0.05) is 13.3 Å². The van der Waals surface area contributed by atoms with Crippen molar-refractivity contribution in [1.82, 2.24) is 0 Å². The lowest BCUT2D eigenvalue weighted by molar-refractivity contribution is -0.118. The smallest absolute Gasteiger partial charge is 0.170 e. The minimum absolute atomic E-state index is 0.00628. The van der Waals surface area contributed by atoms with Crippen LogP contribution in [0.15, 0.2) is 24.3 Å². The van der Waals surface area contributed by atoms with E-state index in [0.717, 1.165) is 12.8 Å². The van der Waals surface area contributed by atoms with Gasteiger partial charge in [-0.15, -0.1) is 0 Å². The van der Waals surface area contributed by atoms with Gasteiger partial charge < -0.3 is 4.74 Å². The molecule has 0 bridgehead atoms. The zero-order valence-corrected chi connectivity index (χ0v) is 10.4. The third-order valence-corrected chi connectivity index (χ3v) is 2.58. The maximum absolute atomic E-state index is 11.8. The molecule has 92 valence electrons. The van der Waals surface area contributed by atoms with Gasteiger partial charge in [-0.05, 0) is 30.7 Å². The fraction of sp³-hybridized carbons (Fsp3) is 0.429. The number of unbranched alkanes of at least 4 members (excludes halogenated alkanes) is 1. The molecule has 1 rings (SSSR count). The number of methoxy groups -OCH3 is 1. The summed E-state index contributed by atoms with van der Waals surface area (Å²) in [5, 5.41) is 0. The van der Waals surface area contributed by atoms with E-state index in [4.69, 9.17) is 4.74 Å². The summed E-state index contributed by atoms with van der Waals surface area (Å²) in [5.74, 6) is 0.611.